The largest absolute Gasteiger partial charge is 0.444 e. The average Bonchev–Trinajstić information content (AvgIpc) is 2.80. The van der Waals surface area contributed by atoms with Gasteiger partial charge in [0, 0.05) is 37.9 Å². The summed E-state index contributed by atoms with van der Waals surface area (Å²) in [5.74, 6) is -3.31. The topological polar surface area (TPSA) is 71.5 Å². The van der Waals surface area contributed by atoms with Crippen LogP contribution in [0.2, 0.25) is 5.02 Å². The fourth-order valence-corrected chi connectivity index (χ4v) is 5.01. The second kappa shape index (κ2) is 10.3. The third-order valence-electron chi connectivity index (χ3n) is 6.53. The number of nitrogens with zero attached hydrogens (tertiary/aromatic N) is 2. The minimum atomic E-state index is -2.66. The van der Waals surface area contributed by atoms with Crippen LogP contribution in [0.1, 0.15) is 68.9 Å². The van der Waals surface area contributed by atoms with E-state index in [-0.39, 0.29) is 42.3 Å². The number of ether oxygens (including phenoxy) is 1. The van der Waals surface area contributed by atoms with Crippen LogP contribution in [-0.2, 0) is 4.74 Å². The molecule has 0 radical (unpaired) electrons. The van der Waals surface area contributed by atoms with Crippen molar-refractivity contribution in [1.29, 1.82) is 0 Å². The monoisotopic (exact) mass is 519 g/mol. The Labute approximate surface area is 215 Å². The molecule has 1 aromatic heterocycles. The van der Waals surface area contributed by atoms with Crippen LogP contribution in [0.5, 0.6) is 0 Å². The molecule has 0 bridgehead atoms. The lowest BCUT2D eigenvalue weighted by atomic mass is 9.86. The highest BCUT2D eigenvalue weighted by Gasteiger charge is 2.36. The first-order chi connectivity index (χ1) is 16.9. The van der Waals surface area contributed by atoms with Crippen LogP contribution in [0, 0.1) is 5.92 Å². The fraction of sp³-hybridized carbons (Fsp3) is 0.519. The summed E-state index contributed by atoms with van der Waals surface area (Å²) in [7, 11) is 0. The Morgan fingerprint density at radius 2 is 2.03 bits per heavy atom. The molecule has 2 amide bonds. The second-order valence-electron chi connectivity index (χ2n) is 10.6. The molecule has 1 aliphatic carbocycles. The molecular formula is C27H32ClF2N3O3. The number of rotatable bonds is 4. The molecule has 1 saturated carbocycles. The predicted molar refractivity (Wildman–Crippen MR) is 136 cm³/mol. The Morgan fingerprint density at radius 3 is 2.69 bits per heavy atom. The number of carbonyl (C=O) groups is 2. The average molecular weight is 520 g/mol. The first kappa shape index (κ1) is 26.3. The van der Waals surface area contributed by atoms with E-state index in [0.29, 0.717) is 48.8 Å². The van der Waals surface area contributed by atoms with Crippen LogP contribution < -0.4 is 5.32 Å². The third kappa shape index (κ3) is 6.33. The predicted octanol–water partition coefficient (Wildman–Crippen LogP) is 6.47. The lowest BCUT2D eigenvalue weighted by molar-refractivity contribution is -0.0518. The molecule has 2 aliphatic rings. The molecule has 1 aromatic carbocycles. The van der Waals surface area contributed by atoms with Gasteiger partial charge in [-0.05, 0) is 75.8 Å². The molecule has 1 unspecified atom stereocenters. The van der Waals surface area contributed by atoms with Gasteiger partial charge < -0.3 is 15.0 Å². The van der Waals surface area contributed by atoms with E-state index in [1.165, 1.54) is 0 Å². The molecule has 1 fully saturated rings. The summed E-state index contributed by atoms with van der Waals surface area (Å²) in [4.78, 5) is 31.7. The van der Waals surface area contributed by atoms with Gasteiger partial charge in [-0.3, -0.25) is 4.79 Å². The van der Waals surface area contributed by atoms with E-state index >= 15 is 0 Å². The molecule has 36 heavy (non-hydrogen) atoms. The summed E-state index contributed by atoms with van der Waals surface area (Å²) in [6.45, 7) is 6.65. The molecule has 2 heterocycles. The van der Waals surface area contributed by atoms with Gasteiger partial charge in [0.15, 0.2) is 0 Å². The SMILES string of the molecule is CC(C)(C)OC(=O)N1CC=C(c2ccc3c(C(=O)NCC4CCCC(F)(F)C4)c(Cl)ccc3n2)CC1. The number of pyridine rings is 1. The van der Waals surface area contributed by atoms with Gasteiger partial charge in [0.25, 0.3) is 5.91 Å². The molecule has 1 N–H and O–H groups in total. The van der Waals surface area contributed by atoms with Crippen molar-refractivity contribution in [1.82, 2.24) is 15.2 Å². The standard InChI is InChI=1S/C27H32ClF2N3O3/c1-26(2,3)36-25(35)33-13-10-18(11-14-33)21-8-6-19-22(32-21)9-7-20(28)23(19)24(34)31-16-17-5-4-12-27(29,30)15-17/h6-10,17H,4-5,11-16H2,1-3H3,(H,31,34). The van der Waals surface area contributed by atoms with Crippen LogP contribution >= 0.6 is 11.6 Å². The van der Waals surface area contributed by atoms with Crippen molar-refractivity contribution in [2.45, 2.75) is 64.4 Å². The van der Waals surface area contributed by atoms with Gasteiger partial charge in [-0.1, -0.05) is 17.7 Å². The van der Waals surface area contributed by atoms with E-state index in [1.54, 1.807) is 17.0 Å². The van der Waals surface area contributed by atoms with E-state index in [4.69, 9.17) is 21.3 Å². The maximum Gasteiger partial charge on any atom is 0.410 e. The summed E-state index contributed by atoms with van der Waals surface area (Å²) < 4.78 is 32.9. The summed E-state index contributed by atoms with van der Waals surface area (Å²) in [5, 5.41) is 3.69. The molecule has 4 rings (SSSR count). The fourth-order valence-electron chi connectivity index (χ4n) is 4.76. The van der Waals surface area contributed by atoms with E-state index in [1.807, 2.05) is 39.0 Å². The minimum Gasteiger partial charge on any atom is -0.444 e. The number of carbonyl (C=O) groups excluding carboxylic acids is 2. The molecule has 0 saturated heterocycles. The number of hydrogen-bond acceptors (Lipinski definition) is 4. The summed E-state index contributed by atoms with van der Waals surface area (Å²) in [6.07, 6.45) is 3.09. The van der Waals surface area contributed by atoms with Crippen LogP contribution in [0.15, 0.2) is 30.3 Å². The van der Waals surface area contributed by atoms with Crippen LogP contribution in [0.4, 0.5) is 13.6 Å². The molecule has 194 valence electrons. The van der Waals surface area contributed by atoms with Gasteiger partial charge >= 0.3 is 6.09 Å². The van der Waals surface area contributed by atoms with Gasteiger partial charge in [-0.25, -0.2) is 18.6 Å². The van der Waals surface area contributed by atoms with Crippen molar-refractivity contribution in [2.75, 3.05) is 19.6 Å². The van der Waals surface area contributed by atoms with Crippen LogP contribution in [0.25, 0.3) is 16.5 Å². The zero-order valence-electron chi connectivity index (χ0n) is 20.9. The Morgan fingerprint density at radius 1 is 1.25 bits per heavy atom. The number of alkyl halides is 2. The number of fused-ring (bicyclic) bond motifs is 1. The van der Waals surface area contributed by atoms with Crippen LogP contribution in [0.3, 0.4) is 0 Å². The molecule has 1 atom stereocenters. The number of aromatic nitrogens is 1. The van der Waals surface area contributed by atoms with Crippen molar-refractivity contribution >= 4 is 40.1 Å². The molecule has 0 spiro atoms. The van der Waals surface area contributed by atoms with Crippen molar-refractivity contribution < 1.29 is 23.1 Å². The zero-order chi connectivity index (χ0) is 26.1. The first-order valence-corrected chi connectivity index (χ1v) is 12.7. The van der Waals surface area contributed by atoms with E-state index < -0.39 is 11.5 Å². The number of nitrogens with one attached hydrogen (secondary N) is 1. The number of benzene rings is 1. The smallest absolute Gasteiger partial charge is 0.410 e. The maximum absolute atomic E-state index is 13.7. The summed E-state index contributed by atoms with van der Waals surface area (Å²) in [6, 6.07) is 7.04. The maximum atomic E-state index is 13.7. The Balaban J connectivity index is 1.48. The Bertz CT molecular complexity index is 1190. The quantitative estimate of drug-likeness (QED) is 0.502. The highest BCUT2D eigenvalue weighted by molar-refractivity contribution is 6.35. The minimum absolute atomic E-state index is 0.0872. The number of halogens is 3. The molecule has 1 aliphatic heterocycles. The zero-order valence-corrected chi connectivity index (χ0v) is 21.6. The normalized spacial score (nSPS) is 20.1. The van der Waals surface area contributed by atoms with Crippen molar-refractivity contribution in [3.63, 3.8) is 0 Å². The van der Waals surface area contributed by atoms with Crippen LogP contribution in [-0.4, -0.2) is 53.0 Å². The molecule has 6 nitrogen and oxygen atoms in total. The number of hydrogen-bond donors (Lipinski definition) is 1. The highest BCUT2D eigenvalue weighted by atomic mass is 35.5. The van der Waals surface area contributed by atoms with Gasteiger partial charge in [-0.15, -0.1) is 0 Å². The summed E-state index contributed by atoms with van der Waals surface area (Å²) >= 11 is 6.38. The molecular weight excluding hydrogens is 488 g/mol. The van der Waals surface area contributed by atoms with E-state index in [9.17, 15) is 18.4 Å². The lowest BCUT2D eigenvalue weighted by Gasteiger charge is -2.29. The number of amides is 2. The summed E-state index contributed by atoms with van der Waals surface area (Å²) in [5.41, 5.74) is 2.14. The van der Waals surface area contributed by atoms with E-state index in [2.05, 4.69) is 5.32 Å². The third-order valence-corrected chi connectivity index (χ3v) is 6.85. The molecule has 2 aromatic rings. The Hall–Kier alpha value is -2.74. The van der Waals surface area contributed by atoms with Gasteiger partial charge in [0.1, 0.15) is 5.60 Å². The lowest BCUT2D eigenvalue weighted by Crippen LogP contribution is -2.39. The first-order valence-electron chi connectivity index (χ1n) is 12.3. The van der Waals surface area contributed by atoms with Crippen molar-refractivity contribution in [2.24, 2.45) is 5.92 Å². The molecule has 9 heteroatoms. The van der Waals surface area contributed by atoms with Gasteiger partial charge in [0.05, 0.1) is 21.8 Å². The van der Waals surface area contributed by atoms with E-state index in [0.717, 1.165) is 11.3 Å². The highest BCUT2D eigenvalue weighted by Crippen LogP contribution is 2.36. The van der Waals surface area contributed by atoms with Crippen molar-refractivity contribution in [3.8, 4) is 0 Å². The van der Waals surface area contributed by atoms with Crippen molar-refractivity contribution in [3.05, 3.63) is 46.6 Å². The Kier molecular flexibility index (Phi) is 7.55. The van der Waals surface area contributed by atoms with Gasteiger partial charge in [0.2, 0.25) is 5.92 Å². The van der Waals surface area contributed by atoms with Gasteiger partial charge in [-0.2, -0.15) is 0 Å². The second-order valence-corrected chi connectivity index (χ2v) is 11.0.